The first kappa shape index (κ1) is 30.6. The number of hydrogen-bond donors (Lipinski definition) is 2. The fourth-order valence-corrected chi connectivity index (χ4v) is 7.40. The van der Waals surface area contributed by atoms with Crippen LogP contribution in [0.1, 0.15) is 22.4 Å². The van der Waals surface area contributed by atoms with Crippen LogP contribution >= 0.6 is 11.3 Å². The highest BCUT2D eigenvalue weighted by atomic mass is 32.2. The first-order valence-electron chi connectivity index (χ1n) is 11.8. The second-order valence-electron chi connectivity index (χ2n) is 8.79. The number of fused-ring (bicyclic) bond motifs is 1. The van der Waals surface area contributed by atoms with E-state index < -0.39 is 49.8 Å². The number of nitrogens with one attached hydrogen (secondary N) is 2. The van der Waals surface area contributed by atoms with Gasteiger partial charge in [-0.3, -0.25) is 4.21 Å². The molecule has 2 aromatic carbocycles. The first-order valence-corrected chi connectivity index (χ1v) is 15.5. The molecule has 0 saturated carbocycles. The third-order valence-corrected chi connectivity index (χ3v) is 9.26. The molecule has 0 fully saturated rings. The van der Waals surface area contributed by atoms with Gasteiger partial charge < -0.3 is 13.7 Å². The fraction of sp³-hybridized carbons (Fsp3) is 0.167. The van der Waals surface area contributed by atoms with Crippen molar-refractivity contribution in [1.29, 1.82) is 0 Å². The Morgan fingerprint density at radius 1 is 1.07 bits per heavy atom. The van der Waals surface area contributed by atoms with Crippen LogP contribution in [0.5, 0.6) is 5.75 Å². The maximum absolute atomic E-state index is 13.8. The molecular weight excluding hydrogens is 640 g/mol. The van der Waals surface area contributed by atoms with Crippen molar-refractivity contribution in [2.24, 2.45) is 0 Å². The van der Waals surface area contributed by atoms with Crippen molar-refractivity contribution >= 4 is 42.7 Å². The quantitative estimate of drug-likeness (QED) is 0.0975. The fourth-order valence-electron chi connectivity index (χ4n) is 4.20. The lowest BCUT2D eigenvalue weighted by Crippen LogP contribution is -2.38. The molecule has 2 unspecified atom stereocenters. The summed E-state index contributed by atoms with van der Waals surface area (Å²) in [7, 11) is -4.37. The van der Waals surface area contributed by atoms with Gasteiger partial charge in [0.15, 0.2) is 9.84 Å². The predicted octanol–water partition coefficient (Wildman–Crippen LogP) is 3.50. The van der Waals surface area contributed by atoms with E-state index >= 15 is 0 Å². The summed E-state index contributed by atoms with van der Waals surface area (Å²) < 4.78 is 109. The summed E-state index contributed by atoms with van der Waals surface area (Å²) in [5.41, 5.74) is 3.77. The number of hydrazine groups is 1. The number of pyridine rings is 1. The van der Waals surface area contributed by atoms with Crippen LogP contribution in [0, 0.1) is 5.95 Å². The van der Waals surface area contributed by atoms with Crippen LogP contribution in [0.25, 0.3) is 21.3 Å². The average Bonchev–Trinajstić information content (AvgIpc) is 3.56. The normalized spacial score (nSPS) is 14.5. The van der Waals surface area contributed by atoms with Crippen molar-refractivity contribution in [1.82, 2.24) is 30.4 Å². The van der Waals surface area contributed by atoms with Crippen LogP contribution in [0.3, 0.4) is 0 Å². The SMILES string of the molecule is CS(=O)(=O)C(c1ccc(OC(F)(F)F)cc1)(c1nnc(CNNS(=O)[O-])o1)c1nc2ccc(-c3ccc(F)nc3)cc2s1. The molecule has 0 bridgehead atoms. The maximum Gasteiger partial charge on any atom is 0.573 e. The molecule has 0 amide bonds. The summed E-state index contributed by atoms with van der Waals surface area (Å²) in [4.78, 5) is 10.1. The Kier molecular flexibility index (Phi) is 8.29. The summed E-state index contributed by atoms with van der Waals surface area (Å²) in [6, 6.07) is 11.8. The van der Waals surface area contributed by atoms with Crippen LogP contribution < -0.4 is 15.0 Å². The molecule has 0 aliphatic carbocycles. The third kappa shape index (κ3) is 6.40. The molecule has 0 radical (unpaired) electrons. The summed E-state index contributed by atoms with van der Waals surface area (Å²) >= 11 is -1.73. The molecule has 0 saturated heterocycles. The van der Waals surface area contributed by atoms with E-state index in [-0.39, 0.29) is 23.0 Å². The zero-order valence-corrected chi connectivity index (χ0v) is 23.9. The van der Waals surface area contributed by atoms with Gasteiger partial charge in [0.2, 0.25) is 22.5 Å². The Bertz CT molecular complexity index is 1900. The first-order chi connectivity index (χ1) is 20.3. The van der Waals surface area contributed by atoms with Gasteiger partial charge in [0.25, 0.3) is 0 Å². The van der Waals surface area contributed by atoms with Crippen LogP contribution in [0.4, 0.5) is 17.6 Å². The summed E-state index contributed by atoms with van der Waals surface area (Å²) in [5, 5.41) is 7.65. The van der Waals surface area contributed by atoms with E-state index in [9.17, 15) is 34.7 Å². The van der Waals surface area contributed by atoms with E-state index in [0.717, 1.165) is 41.9 Å². The van der Waals surface area contributed by atoms with E-state index in [1.807, 2.05) is 4.83 Å². The second-order valence-corrected chi connectivity index (χ2v) is 12.6. The van der Waals surface area contributed by atoms with Crippen LogP contribution in [0.2, 0.25) is 0 Å². The Labute approximate surface area is 246 Å². The molecule has 5 aromatic rings. The van der Waals surface area contributed by atoms with Gasteiger partial charge in [-0.2, -0.15) is 9.22 Å². The zero-order chi connectivity index (χ0) is 31.0. The van der Waals surface area contributed by atoms with Gasteiger partial charge in [-0.25, -0.2) is 23.8 Å². The predicted molar refractivity (Wildman–Crippen MR) is 144 cm³/mol. The lowest BCUT2D eigenvalue weighted by molar-refractivity contribution is -0.274. The highest BCUT2D eigenvalue weighted by Gasteiger charge is 2.54. The summed E-state index contributed by atoms with van der Waals surface area (Å²) in [5.74, 6) is -1.99. The molecule has 43 heavy (non-hydrogen) atoms. The van der Waals surface area contributed by atoms with Gasteiger partial charge in [-0.1, -0.05) is 18.2 Å². The lowest BCUT2D eigenvalue weighted by Gasteiger charge is -2.27. The Morgan fingerprint density at radius 2 is 1.79 bits per heavy atom. The molecule has 2 N–H and O–H groups in total. The van der Waals surface area contributed by atoms with Crippen molar-refractivity contribution in [2.75, 3.05) is 6.26 Å². The van der Waals surface area contributed by atoms with Crippen molar-refractivity contribution in [2.45, 2.75) is 17.7 Å². The summed E-state index contributed by atoms with van der Waals surface area (Å²) in [6.45, 7) is -0.339. The third-order valence-electron chi connectivity index (χ3n) is 5.96. The zero-order valence-electron chi connectivity index (χ0n) is 21.5. The van der Waals surface area contributed by atoms with Gasteiger partial charge in [-0.15, -0.1) is 34.7 Å². The average molecular weight is 658 g/mol. The maximum atomic E-state index is 13.8. The minimum Gasteiger partial charge on any atom is -0.759 e. The Morgan fingerprint density at radius 3 is 2.42 bits per heavy atom. The highest BCUT2D eigenvalue weighted by molar-refractivity contribution is 7.92. The molecule has 0 spiro atoms. The molecule has 0 aliphatic rings. The van der Waals surface area contributed by atoms with E-state index in [2.05, 4.69) is 30.3 Å². The number of benzene rings is 2. The van der Waals surface area contributed by atoms with Crippen LogP contribution in [0.15, 0.2) is 65.2 Å². The molecule has 19 heteroatoms. The Hall–Kier alpha value is -3.88. The highest BCUT2D eigenvalue weighted by Crippen LogP contribution is 2.46. The van der Waals surface area contributed by atoms with Crippen molar-refractivity contribution in [3.8, 4) is 16.9 Å². The topological polar surface area (TPSA) is 172 Å². The lowest BCUT2D eigenvalue weighted by atomic mass is 9.98. The molecular formula is C24H17F4N6O6S3-. The van der Waals surface area contributed by atoms with Crippen molar-refractivity contribution in [3.63, 3.8) is 0 Å². The van der Waals surface area contributed by atoms with Gasteiger partial charge in [-0.05, 0) is 47.5 Å². The van der Waals surface area contributed by atoms with Gasteiger partial charge >= 0.3 is 6.36 Å². The van der Waals surface area contributed by atoms with E-state index in [1.165, 1.54) is 18.3 Å². The van der Waals surface area contributed by atoms with Gasteiger partial charge in [0.1, 0.15) is 10.8 Å². The second kappa shape index (κ2) is 11.7. The number of alkyl halides is 3. The largest absolute Gasteiger partial charge is 0.759 e. The molecule has 226 valence electrons. The molecule has 3 aromatic heterocycles. The van der Waals surface area contributed by atoms with E-state index in [1.54, 1.807) is 18.2 Å². The number of thiazole rings is 1. The summed E-state index contributed by atoms with van der Waals surface area (Å²) in [6.07, 6.45) is -2.79. The van der Waals surface area contributed by atoms with Crippen LogP contribution in [-0.4, -0.2) is 50.0 Å². The van der Waals surface area contributed by atoms with Crippen molar-refractivity contribution in [3.05, 3.63) is 89.1 Å². The standard InChI is InChI=1S/C24H18F4N6O6S3/c1-43(37,38)23(15-4-6-16(7-5-15)40-24(26,27)28,21-33-32-20(39-21)12-30-34-42(35)36)22-31-17-8-2-13(10-18(17)41-22)14-3-9-19(25)29-11-14/h2-11,30,34H,12H2,1H3,(H,35,36)/p-1. The Balaban J connectivity index is 1.68. The van der Waals surface area contributed by atoms with Gasteiger partial charge in [0.05, 0.1) is 16.8 Å². The number of sulfone groups is 1. The number of rotatable bonds is 10. The molecule has 5 rings (SSSR count). The number of hydrogen-bond acceptors (Lipinski definition) is 12. The molecule has 3 heterocycles. The van der Waals surface area contributed by atoms with Crippen LogP contribution in [-0.2, 0) is 32.4 Å². The molecule has 12 nitrogen and oxygen atoms in total. The van der Waals surface area contributed by atoms with E-state index in [4.69, 9.17) is 4.42 Å². The van der Waals surface area contributed by atoms with Crippen molar-refractivity contribution < 1.29 is 43.9 Å². The van der Waals surface area contributed by atoms with E-state index in [0.29, 0.717) is 21.3 Å². The molecule has 2 atom stereocenters. The number of halogens is 4. The number of aromatic nitrogens is 4. The minimum atomic E-state index is -4.99. The number of ether oxygens (including phenoxy) is 1. The monoisotopic (exact) mass is 657 g/mol. The molecule has 0 aliphatic heterocycles. The van der Waals surface area contributed by atoms with Gasteiger partial charge in [0, 0.05) is 29.3 Å². The number of nitrogens with zero attached hydrogens (tertiary/aromatic N) is 4. The smallest absolute Gasteiger partial charge is 0.573 e. The minimum absolute atomic E-state index is 0.0779.